The second kappa shape index (κ2) is 6.22. The third-order valence-corrected chi connectivity index (χ3v) is 2.71. The van der Waals surface area contributed by atoms with Gasteiger partial charge in [-0.05, 0) is 19.8 Å². The second-order valence-corrected chi connectivity index (χ2v) is 3.89. The molecule has 1 aliphatic heterocycles. The minimum absolute atomic E-state index is 0.00944. The van der Waals surface area contributed by atoms with Gasteiger partial charge in [-0.25, -0.2) is 4.79 Å². The van der Waals surface area contributed by atoms with Crippen LogP contribution in [0.1, 0.15) is 32.6 Å². The van der Waals surface area contributed by atoms with Crippen molar-refractivity contribution >= 4 is 17.8 Å². The number of rotatable bonds is 5. The number of amides is 1. The van der Waals surface area contributed by atoms with Crippen molar-refractivity contribution in [2.24, 2.45) is 0 Å². The van der Waals surface area contributed by atoms with Gasteiger partial charge in [-0.3, -0.25) is 9.59 Å². The van der Waals surface area contributed by atoms with E-state index in [-0.39, 0.29) is 25.4 Å². The Balaban J connectivity index is 2.42. The van der Waals surface area contributed by atoms with Crippen molar-refractivity contribution < 1.29 is 24.2 Å². The normalized spacial score (nSPS) is 19.1. The lowest BCUT2D eigenvalue weighted by Crippen LogP contribution is -2.40. The molecule has 0 saturated carbocycles. The highest BCUT2D eigenvalue weighted by Crippen LogP contribution is 2.18. The van der Waals surface area contributed by atoms with Gasteiger partial charge in [0.1, 0.15) is 6.04 Å². The Morgan fingerprint density at radius 1 is 1.35 bits per heavy atom. The van der Waals surface area contributed by atoms with E-state index in [0.29, 0.717) is 19.4 Å². The van der Waals surface area contributed by atoms with Crippen LogP contribution in [0, 0.1) is 0 Å². The van der Waals surface area contributed by atoms with Crippen LogP contribution in [0.3, 0.4) is 0 Å². The number of esters is 1. The lowest BCUT2D eigenvalue weighted by Gasteiger charge is -2.21. The first kappa shape index (κ1) is 13.5. The van der Waals surface area contributed by atoms with E-state index in [1.54, 1.807) is 6.92 Å². The molecule has 6 nitrogen and oxygen atoms in total. The molecular formula is C11H17NO5. The maximum absolute atomic E-state index is 11.7. The van der Waals surface area contributed by atoms with Gasteiger partial charge in [0.15, 0.2) is 0 Å². The van der Waals surface area contributed by atoms with Crippen LogP contribution >= 0.6 is 0 Å². The fraction of sp³-hybridized carbons (Fsp3) is 0.727. The molecular weight excluding hydrogens is 226 g/mol. The molecule has 0 aromatic heterocycles. The van der Waals surface area contributed by atoms with E-state index in [0.717, 1.165) is 0 Å². The fourth-order valence-corrected chi connectivity index (χ4v) is 1.91. The summed E-state index contributed by atoms with van der Waals surface area (Å²) in [5.41, 5.74) is 0. The van der Waals surface area contributed by atoms with Gasteiger partial charge in [0, 0.05) is 13.0 Å². The van der Waals surface area contributed by atoms with E-state index in [2.05, 4.69) is 0 Å². The summed E-state index contributed by atoms with van der Waals surface area (Å²) >= 11 is 0. The molecule has 0 unspecified atom stereocenters. The van der Waals surface area contributed by atoms with Crippen LogP contribution in [0.25, 0.3) is 0 Å². The molecule has 6 heteroatoms. The average molecular weight is 243 g/mol. The van der Waals surface area contributed by atoms with Crippen molar-refractivity contribution in [3.8, 4) is 0 Å². The Labute approximate surface area is 99.5 Å². The first-order chi connectivity index (χ1) is 8.06. The van der Waals surface area contributed by atoms with Crippen LogP contribution in [0.15, 0.2) is 0 Å². The first-order valence-electron chi connectivity index (χ1n) is 5.74. The van der Waals surface area contributed by atoms with Crippen LogP contribution in [-0.4, -0.2) is 47.0 Å². The fourth-order valence-electron chi connectivity index (χ4n) is 1.91. The van der Waals surface area contributed by atoms with Gasteiger partial charge in [-0.15, -0.1) is 0 Å². The molecule has 1 atom stereocenters. The van der Waals surface area contributed by atoms with E-state index in [1.807, 2.05) is 0 Å². The number of ether oxygens (including phenoxy) is 1. The van der Waals surface area contributed by atoms with Gasteiger partial charge in [0.05, 0.1) is 13.0 Å². The smallest absolute Gasteiger partial charge is 0.326 e. The van der Waals surface area contributed by atoms with E-state index < -0.39 is 18.0 Å². The van der Waals surface area contributed by atoms with Crippen LogP contribution in [0.4, 0.5) is 0 Å². The summed E-state index contributed by atoms with van der Waals surface area (Å²) in [4.78, 5) is 35.0. The largest absolute Gasteiger partial charge is 0.480 e. The Bertz CT molecular complexity index is 315. The van der Waals surface area contributed by atoms with Crippen LogP contribution in [0.5, 0.6) is 0 Å². The predicted octanol–water partition coefficient (Wildman–Crippen LogP) is 0.405. The zero-order valence-electron chi connectivity index (χ0n) is 9.85. The predicted molar refractivity (Wildman–Crippen MR) is 58.2 cm³/mol. The molecule has 0 aromatic rings. The van der Waals surface area contributed by atoms with Crippen LogP contribution in [0.2, 0.25) is 0 Å². The minimum atomic E-state index is -0.980. The number of carbonyl (C=O) groups is 3. The summed E-state index contributed by atoms with van der Waals surface area (Å²) in [6.07, 6.45) is 1.21. The second-order valence-electron chi connectivity index (χ2n) is 3.89. The van der Waals surface area contributed by atoms with Crippen molar-refractivity contribution in [3.05, 3.63) is 0 Å². The number of likely N-dealkylation sites (tertiary alicyclic amines) is 1. The lowest BCUT2D eigenvalue weighted by atomic mass is 10.2. The summed E-state index contributed by atoms with van der Waals surface area (Å²) in [6, 6.07) is -0.732. The maximum Gasteiger partial charge on any atom is 0.326 e. The van der Waals surface area contributed by atoms with Crippen LogP contribution < -0.4 is 0 Å². The maximum atomic E-state index is 11.7. The van der Waals surface area contributed by atoms with Crippen molar-refractivity contribution in [3.63, 3.8) is 0 Å². The first-order valence-corrected chi connectivity index (χ1v) is 5.74. The lowest BCUT2D eigenvalue weighted by molar-refractivity contribution is -0.149. The van der Waals surface area contributed by atoms with Gasteiger partial charge < -0.3 is 14.7 Å². The molecule has 1 aliphatic rings. The van der Waals surface area contributed by atoms with Crippen molar-refractivity contribution in [2.45, 2.75) is 38.6 Å². The van der Waals surface area contributed by atoms with E-state index >= 15 is 0 Å². The molecule has 1 N–H and O–H groups in total. The molecule has 0 spiro atoms. The number of carboxylic acids is 1. The highest BCUT2D eigenvalue weighted by molar-refractivity contribution is 5.86. The highest BCUT2D eigenvalue weighted by Gasteiger charge is 2.33. The highest BCUT2D eigenvalue weighted by atomic mass is 16.5. The minimum Gasteiger partial charge on any atom is -0.480 e. The van der Waals surface area contributed by atoms with Gasteiger partial charge >= 0.3 is 11.9 Å². The summed E-state index contributed by atoms with van der Waals surface area (Å²) < 4.78 is 4.70. The topological polar surface area (TPSA) is 83.9 Å². The van der Waals surface area contributed by atoms with Gasteiger partial charge in [0.2, 0.25) is 5.91 Å². The van der Waals surface area contributed by atoms with Crippen molar-refractivity contribution in [1.29, 1.82) is 0 Å². The summed E-state index contributed by atoms with van der Waals surface area (Å²) in [5, 5.41) is 8.91. The molecule has 0 radical (unpaired) electrons. The van der Waals surface area contributed by atoms with Gasteiger partial charge in [0.25, 0.3) is 0 Å². The summed E-state index contributed by atoms with van der Waals surface area (Å²) in [5.74, 6) is -1.69. The van der Waals surface area contributed by atoms with E-state index in [4.69, 9.17) is 9.84 Å². The number of carbonyl (C=O) groups excluding carboxylic acids is 2. The van der Waals surface area contributed by atoms with E-state index in [1.165, 1.54) is 4.90 Å². The van der Waals surface area contributed by atoms with E-state index in [9.17, 15) is 14.4 Å². The number of nitrogens with zero attached hydrogens (tertiary/aromatic N) is 1. The van der Waals surface area contributed by atoms with Crippen molar-refractivity contribution in [1.82, 2.24) is 4.90 Å². The Kier molecular flexibility index (Phi) is 4.93. The molecule has 0 aliphatic carbocycles. The summed E-state index contributed by atoms with van der Waals surface area (Å²) in [6.45, 7) is 2.44. The van der Waals surface area contributed by atoms with Crippen molar-refractivity contribution in [2.75, 3.05) is 13.2 Å². The van der Waals surface area contributed by atoms with Crippen LogP contribution in [-0.2, 0) is 19.1 Å². The monoisotopic (exact) mass is 243 g/mol. The zero-order valence-corrected chi connectivity index (χ0v) is 9.85. The number of aliphatic carboxylic acids is 1. The average Bonchev–Trinajstić information content (AvgIpc) is 2.75. The molecule has 1 rings (SSSR count). The number of carboxylic acid groups (broad SMARTS) is 1. The zero-order chi connectivity index (χ0) is 12.8. The Hall–Kier alpha value is -1.59. The number of hydrogen-bond acceptors (Lipinski definition) is 4. The Morgan fingerprint density at radius 2 is 2.06 bits per heavy atom. The molecule has 1 heterocycles. The molecule has 0 bridgehead atoms. The quantitative estimate of drug-likeness (QED) is 0.707. The number of hydrogen-bond donors (Lipinski definition) is 1. The Morgan fingerprint density at radius 3 is 2.65 bits per heavy atom. The molecule has 17 heavy (non-hydrogen) atoms. The third kappa shape index (κ3) is 3.72. The third-order valence-electron chi connectivity index (χ3n) is 2.71. The molecule has 1 fully saturated rings. The SMILES string of the molecule is CCOC(=O)CCC(=O)N1CCC[C@@H]1C(=O)O. The standard InChI is InChI=1S/C11H17NO5/c1-2-17-10(14)6-5-9(13)12-7-3-4-8(12)11(15)16/h8H,2-7H2,1H3,(H,15,16)/t8-/m1/s1. The molecule has 1 amide bonds. The summed E-state index contributed by atoms with van der Waals surface area (Å²) in [7, 11) is 0. The molecule has 96 valence electrons. The molecule has 1 saturated heterocycles. The molecule has 0 aromatic carbocycles. The van der Waals surface area contributed by atoms with Gasteiger partial charge in [-0.2, -0.15) is 0 Å². The van der Waals surface area contributed by atoms with Gasteiger partial charge in [-0.1, -0.05) is 0 Å².